The van der Waals surface area contributed by atoms with Gasteiger partial charge in [-0.15, -0.1) is 0 Å². The number of ether oxygens (including phenoxy) is 1. The summed E-state index contributed by atoms with van der Waals surface area (Å²) in [5.41, 5.74) is 3.50. The van der Waals surface area contributed by atoms with E-state index in [1.165, 1.54) is 0 Å². The van der Waals surface area contributed by atoms with Gasteiger partial charge in [0.25, 0.3) is 5.91 Å². The molecule has 0 spiro atoms. The highest BCUT2D eigenvalue weighted by Gasteiger charge is 2.36. The summed E-state index contributed by atoms with van der Waals surface area (Å²) in [5.74, 6) is -1.74. The van der Waals surface area contributed by atoms with Crippen LogP contribution in [0, 0.1) is 19.8 Å². The van der Waals surface area contributed by atoms with E-state index in [9.17, 15) is 14.4 Å². The zero-order valence-electron chi connectivity index (χ0n) is 15.7. The smallest absolute Gasteiger partial charge is 0.311 e. The van der Waals surface area contributed by atoms with Crippen molar-refractivity contribution in [2.75, 3.05) is 23.4 Å². The van der Waals surface area contributed by atoms with E-state index in [-0.39, 0.29) is 18.9 Å². The maximum atomic E-state index is 12.3. The van der Waals surface area contributed by atoms with Gasteiger partial charge in [-0.05, 0) is 55.3 Å². The third-order valence-corrected chi connectivity index (χ3v) is 4.95. The highest BCUT2D eigenvalue weighted by atomic mass is 35.5. The molecule has 2 aromatic rings. The molecule has 0 aromatic heterocycles. The fraction of sp³-hybridized carbons (Fsp3) is 0.286. The number of hydrogen-bond acceptors (Lipinski definition) is 4. The summed E-state index contributed by atoms with van der Waals surface area (Å²) in [7, 11) is 0. The second kappa shape index (κ2) is 8.44. The van der Waals surface area contributed by atoms with Gasteiger partial charge < -0.3 is 15.0 Å². The Hall–Kier alpha value is -2.86. The first kappa shape index (κ1) is 19.9. The van der Waals surface area contributed by atoms with E-state index in [1.54, 1.807) is 29.2 Å². The van der Waals surface area contributed by atoms with Crippen LogP contribution in [0.2, 0.25) is 5.02 Å². The van der Waals surface area contributed by atoms with E-state index in [0.717, 1.165) is 16.8 Å². The normalized spacial score (nSPS) is 16.2. The summed E-state index contributed by atoms with van der Waals surface area (Å²) in [6.07, 6.45) is 0.0711. The topological polar surface area (TPSA) is 75.7 Å². The number of carbonyl (C=O) groups is 3. The first-order chi connectivity index (χ1) is 13.3. The van der Waals surface area contributed by atoms with Crippen molar-refractivity contribution in [1.29, 1.82) is 0 Å². The molecular formula is C21H21ClN2O4. The lowest BCUT2D eigenvalue weighted by atomic mass is 10.1. The molecule has 1 aliphatic rings. The van der Waals surface area contributed by atoms with Gasteiger partial charge in [0.05, 0.1) is 5.92 Å². The zero-order chi connectivity index (χ0) is 20.3. The highest BCUT2D eigenvalue weighted by Crippen LogP contribution is 2.27. The molecule has 1 aliphatic heterocycles. The minimum Gasteiger partial charge on any atom is -0.455 e. The summed E-state index contributed by atoms with van der Waals surface area (Å²) in [5, 5.41) is 3.10. The number of rotatable bonds is 5. The van der Waals surface area contributed by atoms with Crippen LogP contribution in [0.25, 0.3) is 0 Å². The number of nitrogens with one attached hydrogen (secondary N) is 1. The summed E-state index contributed by atoms with van der Waals surface area (Å²) in [4.78, 5) is 38.2. The van der Waals surface area contributed by atoms with Crippen LogP contribution < -0.4 is 10.2 Å². The van der Waals surface area contributed by atoms with E-state index >= 15 is 0 Å². The first-order valence-electron chi connectivity index (χ1n) is 8.93. The van der Waals surface area contributed by atoms with Gasteiger partial charge in [-0.3, -0.25) is 14.4 Å². The standard InChI is InChI=1S/C21H21ClN2O4/c1-13-6-7-18(8-14(13)2)24-11-15(9-20(24)26)21(27)28-12-19(25)23-17-5-3-4-16(22)10-17/h3-8,10,15H,9,11-12H2,1-2H3,(H,23,25). The van der Waals surface area contributed by atoms with Crippen molar-refractivity contribution in [1.82, 2.24) is 0 Å². The molecule has 1 saturated heterocycles. The van der Waals surface area contributed by atoms with Gasteiger partial charge >= 0.3 is 5.97 Å². The number of anilines is 2. The molecule has 0 radical (unpaired) electrons. The summed E-state index contributed by atoms with van der Waals surface area (Å²) in [6.45, 7) is 3.80. The molecule has 1 fully saturated rings. The SMILES string of the molecule is Cc1ccc(N2CC(C(=O)OCC(=O)Nc3cccc(Cl)c3)CC2=O)cc1C. The highest BCUT2D eigenvalue weighted by molar-refractivity contribution is 6.30. The molecule has 0 aliphatic carbocycles. The zero-order valence-corrected chi connectivity index (χ0v) is 16.5. The number of hydrogen-bond donors (Lipinski definition) is 1. The minimum atomic E-state index is -0.590. The van der Waals surface area contributed by atoms with E-state index < -0.39 is 24.4 Å². The van der Waals surface area contributed by atoms with Gasteiger partial charge in [0, 0.05) is 29.4 Å². The first-order valence-corrected chi connectivity index (χ1v) is 9.31. The number of nitrogens with zero attached hydrogens (tertiary/aromatic N) is 1. The Labute approximate surface area is 168 Å². The summed E-state index contributed by atoms with van der Waals surface area (Å²) in [6, 6.07) is 12.4. The van der Waals surface area contributed by atoms with E-state index in [2.05, 4.69) is 5.32 Å². The molecule has 1 heterocycles. The number of carbonyl (C=O) groups excluding carboxylic acids is 3. The molecule has 3 rings (SSSR count). The van der Waals surface area contributed by atoms with Gasteiger partial charge in [-0.1, -0.05) is 23.7 Å². The molecule has 0 saturated carbocycles. The molecule has 1 N–H and O–H groups in total. The Kier molecular flexibility index (Phi) is 5.99. The van der Waals surface area contributed by atoms with Crippen LogP contribution in [-0.4, -0.2) is 30.9 Å². The van der Waals surface area contributed by atoms with Crippen molar-refractivity contribution in [2.24, 2.45) is 5.92 Å². The number of benzene rings is 2. The molecular weight excluding hydrogens is 380 g/mol. The largest absolute Gasteiger partial charge is 0.455 e. The van der Waals surface area contributed by atoms with Crippen molar-refractivity contribution in [3.8, 4) is 0 Å². The molecule has 1 unspecified atom stereocenters. The molecule has 0 bridgehead atoms. The number of amides is 2. The third-order valence-electron chi connectivity index (χ3n) is 4.71. The lowest BCUT2D eigenvalue weighted by Gasteiger charge is -2.17. The van der Waals surface area contributed by atoms with Crippen molar-refractivity contribution >= 4 is 40.8 Å². The van der Waals surface area contributed by atoms with Crippen molar-refractivity contribution in [2.45, 2.75) is 20.3 Å². The Balaban J connectivity index is 1.54. The van der Waals surface area contributed by atoms with Crippen LogP contribution >= 0.6 is 11.6 Å². The van der Waals surface area contributed by atoms with Crippen LogP contribution in [0.15, 0.2) is 42.5 Å². The summed E-state index contributed by atoms with van der Waals surface area (Å²) < 4.78 is 5.10. The van der Waals surface area contributed by atoms with Gasteiger partial charge in [0.1, 0.15) is 0 Å². The molecule has 6 nitrogen and oxygen atoms in total. The molecule has 2 amide bonds. The second-order valence-corrected chi connectivity index (χ2v) is 7.28. The molecule has 28 heavy (non-hydrogen) atoms. The lowest BCUT2D eigenvalue weighted by molar-refractivity contribution is -0.151. The van der Waals surface area contributed by atoms with Crippen LogP contribution in [0.1, 0.15) is 17.5 Å². The quantitative estimate of drug-likeness (QED) is 0.779. The van der Waals surface area contributed by atoms with Gasteiger partial charge in [0.2, 0.25) is 5.91 Å². The number of esters is 1. The van der Waals surface area contributed by atoms with Crippen LogP contribution in [0.4, 0.5) is 11.4 Å². The Bertz CT molecular complexity index is 928. The van der Waals surface area contributed by atoms with Crippen LogP contribution in [0.3, 0.4) is 0 Å². The Morgan fingerprint density at radius 1 is 1.18 bits per heavy atom. The van der Waals surface area contributed by atoms with Crippen molar-refractivity contribution in [3.05, 3.63) is 58.6 Å². The fourth-order valence-electron chi connectivity index (χ4n) is 3.03. The predicted octanol–water partition coefficient (Wildman–Crippen LogP) is 3.49. The van der Waals surface area contributed by atoms with Crippen LogP contribution in [-0.2, 0) is 19.1 Å². The molecule has 2 aromatic carbocycles. The maximum Gasteiger partial charge on any atom is 0.311 e. The predicted molar refractivity (Wildman–Crippen MR) is 107 cm³/mol. The van der Waals surface area contributed by atoms with E-state index in [0.29, 0.717) is 10.7 Å². The fourth-order valence-corrected chi connectivity index (χ4v) is 3.22. The van der Waals surface area contributed by atoms with Gasteiger partial charge in [-0.25, -0.2) is 0 Å². The molecule has 7 heteroatoms. The minimum absolute atomic E-state index is 0.0711. The van der Waals surface area contributed by atoms with Crippen molar-refractivity contribution < 1.29 is 19.1 Å². The average Bonchev–Trinajstić information content (AvgIpc) is 3.04. The number of halogens is 1. The van der Waals surface area contributed by atoms with Crippen molar-refractivity contribution in [3.63, 3.8) is 0 Å². The second-order valence-electron chi connectivity index (χ2n) is 6.84. The molecule has 1 atom stereocenters. The monoisotopic (exact) mass is 400 g/mol. The lowest BCUT2D eigenvalue weighted by Crippen LogP contribution is -2.28. The molecule has 146 valence electrons. The Morgan fingerprint density at radius 2 is 1.96 bits per heavy atom. The average molecular weight is 401 g/mol. The van der Waals surface area contributed by atoms with E-state index in [1.807, 2.05) is 32.0 Å². The van der Waals surface area contributed by atoms with Gasteiger partial charge in [0.15, 0.2) is 6.61 Å². The number of aryl methyl sites for hydroxylation is 2. The summed E-state index contributed by atoms with van der Waals surface area (Å²) >= 11 is 5.86. The van der Waals surface area contributed by atoms with Crippen LogP contribution in [0.5, 0.6) is 0 Å². The maximum absolute atomic E-state index is 12.3. The Morgan fingerprint density at radius 3 is 2.68 bits per heavy atom. The van der Waals surface area contributed by atoms with Gasteiger partial charge in [-0.2, -0.15) is 0 Å². The third kappa shape index (κ3) is 4.70. The van der Waals surface area contributed by atoms with E-state index in [4.69, 9.17) is 16.3 Å².